The maximum absolute atomic E-state index is 6.27. The minimum atomic E-state index is 0.137. The van der Waals surface area contributed by atoms with Gasteiger partial charge in [-0.05, 0) is 31.9 Å². The van der Waals surface area contributed by atoms with Gasteiger partial charge in [-0.15, -0.1) is 11.3 Å². The number of hydrogen-bond donors (Lipinski definition) is 1. The molecule has 0 amide bonds. The van der Waals surface area contributed by atoms with E-state index in [-0.39, 0.29) is 6.04 Å². The van der Waals surface area contributed by atoms with Crippen LogP contribution in [0.4, 0.5) is 0 Å². The van der Waals surface area contributed by atoms with E-state index < -0.39 is 0 Å². The molecule has 2 aliphatic rings. The Labute approximate surface area is 137 Å². The number of rotatable bonds is 4. The first-order valence-electron chi connectivity index (χ1n) is 8.14. The van der Waals surface area contributed by atoms with Gasteiger partial charge in [-0.2, -0.15) is 0 Å². The standard InChI is InChI=1S/C16H26ClN3S/c1-12(18)16(14-6-7-15(17)21-14)20-10-8-19(9-11-20)13-4-2-3-5-13/h6-7,12-13,16H,2-5,8-11,18H2,1H3. The molecule has 0 bridgehead atoms. The monoisotopic (exact) mass is 327 g/mol. The number of thiophene rings is 1. The fraction of sp³-hybridized carbons (Fsp3) is 0.750. The van der Waals surface area contributed by atoms with E-state index in [4.69, 9.17) is 17.3 Å². The zero-order chi connectivity index (χ0) is 14.8. The molecule has 1 aromatic rings. The maximum atomic E-state index is 6.27. The molecule has 0 aromatic carbocycles. The van der Waals surface area contributed by atoms with Gasteiger partial charge in [-0.3, -0.25) is 9.80 Å². The molecule has 3 nitrogen and oxygen atoms in total. The van der Waals surface area contributed by atoms with Crippen molar-refractivity contribution in [2.45, 2.75) is 50.7 Å². The molecule has 2 N–H and O–H groups in total. The summed E-state index contributed by atoms with van der Waals surface area (Å²) in [6.07, 6.45) is 5.64. The van der Waals surface area contributed by atoms with Crippen molar-refractivity contribution < 1.29 is 0 Å². The predicted octanol–water partition coefficient (Wildman–Crippen LogP) is 3.35. The normalized spacial score (nSPS) is 25.3. The molecule has 1 saturated carbocycles. The summed E-state index contributed by atoms with van der Waals surface area (Å²) in [4.78, 5) is 6.56. The fourth-order valence-corrected chi connectivity index (χ4v) is 5.22. The highest BCUT2D eigenvalue weighted by atomic mass is 35.5. The molecule has 1 aliphatic heterocycles. The van der Waals surface area contributed by atoms with Crippen LogP contribution in [0.2, 0.25) is 4.34 Å². The molecule has 2 heterocycles. The van der Waals surface area contributed by atoms with Crippen LogP contribution < -0.4 is 5.73 Å². The van der Waals surface area contributed by atoms with Gasteiger partial charge in [0.15, 0.2) is 0 Å². The van der Waals surface area contributed by atoms with Crippen LogP contribution in [0.15, 0.2) is 12.1 Å². The van der Waals surface area contributed by atoms with Gasteiger partial charge in [0.2, 0.25) is 0 Å². The van der Waals surface area contributed by atoms with Gasteiger partial charge in [0.25, 0.3) is 0 Å². The molecule has 2 unspecified atom stereocenters. The lowest BCUT2D eigenvalue weighted by molar-refractivity contribution is 0.0645. The van der Waals surface area contributed by atoms with E-state index >= 15 is 0 Å². The molecule has 0 radical (unpaired) electrons. The molecule has 2 fully saturated rings. The van der Waals surface area contributed by atoms with Crippen molar-refractivity contribution >= 4 is 22.9 Å². The third kappa shape index (κ3) is 3.62. The lowest BCUT2D eigenvalue weighted by atomic mass is 10.1. The third-order valence-electron chi connectivity index (χ3n) is 4.97. The Morgan fingerprint density at radius 1 is 1.19 bits per heavy atom. The summed E-state index contributed by atoms with van der Waals surface area (Å²) in [5.74, 6) is 0. The highest BCUT2D eigenvalue weighted by Crippen LogP contribution is 2.33. The molecule has 2 atom stereocenters. The Morgan fingerprint density at radius 2 is 1.86 bits per heavy atom. The largest absolute Gasteiger partial charge is 0.326 e. The number of nitrogens with two attached hydrogens (primary N) is 1. The lowest BCUT2D eigenvalue weighted by Gasteiger charge is -2.42. The highest BCUT2D eigenvalue weighted by molar-refractivity contribution is 7.16. The molecule has 0 spiro atoms. The van der Waals surface area contributed by atoms with Crippen LogP contribution in [0, 0.1) is 0 Å². The number of nitrogens with zero attached hydrogens (tertiary/aromatic N) is 2. The van der Waals surface area contributed by atoms with Gasteiger partial charge in [0.05, 0.1) is 10.4 Å². The Kier molecular flexibility index (Phi) is 5.23. The number of hydrogen-bond acceptors (Lipinski definition) is 4. The topological polar surface area (TPSA) is 32.5 Å². The van der Waals surface area contributed by atoms with E-state index in [1.807, 2.05) is 6.07 Å². The first kappa shape index (κ1) is 15.8. The van der Waals surface area contributed by atoms with Crippen LogP contribution in [0.1, 0.15) is 43.5 Å². The van der Waals surface area contributed by atoms with Crippen LogP contribution in [0.25, 0.3) is 0 Å². The SMILES string of the molecule is CC(N)C(c1ccc(Cl)s1)N1CCN(C2CCCC2)CC1. The molecule has 21 heavy (non-hydrogen) atoms. The average molecular weight is 328 g/mol. The molecular formula is C16H26ClN3S. The van der Waals surface area contributed by atoms with E-state index in [0.29, 0.717) is 6.04 Å². The second-order valence-electron chi connectivity index (χ2n) is 6.46. The zero-order valence-electron chi connectivity index (χ0n) is 12.8. The van der Waals surface area contributed by atoms with Gasteiger partial charge in [-0.1, -0.05) is 24.4 Å². The Balaban J connectivity index is 1.63. The minimum absolute atomic E-state index is 0.137. The van der Waals surface area contributed by atoms with Gasteiger partial charge < -0.3 is 5.73 Å². The summed E-state index contributed by atoms with van der Waals surface area (Å²) < 4.78 is 0.861. The average Bonchev–Trinajstić information content (AvgIpc) is 3.11. The Hall–Kier alpha value is -0.130. The van der Waals surface area contributed by atoms with E-state index in [2.05, 4.69) is 22.8 Å². The maximum Gasteiger partial charge on any atom is 0.0931 e. The number of halogens is 1. The van der Waals surface area contributed by atoms with Crippen molar-refractivity contribution in [1.29, 1.82) is 0 Å². The summed E-state index contributed by atoms with van der Waals surface area (Å²) in [7, 11) is 0. The van der Waals surface area contributed by atoms with Crippen LogP contribution in [0.5, 0.6) is 0 Å². The zero-order valence-corrected chi connectivity index (χ0v) is 14.4. The molecular weight excluding hydrogens is 302 g/mol. The van der Waals surface area contributed by atoms with Crippen molar-refractivity contribution in [3.05, 3.63) is 21.3 Å². The van der Waals surface area contributed by atoms with Crippen molar-refractivity contribution in [3.63, 3.8) is 0 Å². The Morgan fingerprint density at radius 3 is 2.38 bits per heavy atom. The van der Waals surface area contributed by atoms with Crippen molar-refractivity contribution in [2.75, 3.05) is 26.2 Å². The fourth-order valence-electron chi connectivity index (χ4n) is 3.91. The predicted molar refractivity (Wildman–Crippen MR) is 91.1 cm³/mol. The van der Waals surface area contributed by atoms with Crippen LogP contribution in [0.3, 0.4) is 0 Å². The Bertz CT molecular complexity index is 448. The summed E-state index contributed by atoms with van der Waals surface area (Å²) in [6.45, 7) is 6.73. The van der Waals surface area contributed by atoms with E-state index in [0.717, 1.165) is 23.5 Å². The van der Waals surface area contributed by atoms with Gasteiger partial charge in [0.1, 0.15) is 0 Å². The van der Waals surface area contributed by atoms with E-state index in [9.17, 15) is 0 Å². The smallest absolute Gasteiger partial charge is 0.0931 e. The van der Waals surface area contributed by atoms with E-state index in [1.54, 1.807) is 11.3 Å². The molecule has 118 valence electrons. The minimum Gasteiger partial charge on any atom is -0.326 e. The van der Waals surface area contributed by atoms with Gasteiger partial charge in [-0.25, -0.2) is 0 Å². The lowest BCUT2D eigenvalue weighted by Crippen LogP contribution is -2.52. The molecule has 1 saturated heterocycles. The molecule has 5 heteroatoms. The van der Waals surface area contributed by atoms with Crippen molar-refractivity contribution in [2.24, 2.45) is 5.73 Å². The third-order valence-corrected chi connectivity index (χ3v) is 6.27. The summed E-state index contributed by atoms with van der Waals surface area (Å²) >= 11 is 7.78. The first-order chi connectivity index (χ1) is 10.1. The van der Waals surface area contributed by atoms with Crippen LogP contribution in [-0.4, -0.2) is 48.1 Å². The first-order valence-corrected chi connectivity index (χ1v) is 9.33. The summed E-state index contributed by atoms with van der Waals surface area (Å²) in [5.41, 5.74) is 6.27. The quantitative estimate of drug-likeness (QED) is 0.920. The van der Waals surface area contributed by atoms with Crippen molar-refractivity contribution in [1.82, 2.24) is 9.80 Å². The second kappa shape index (κ2) is 6.97. The van der Waals surface area contributed by atoms with Crippen molar-refractivity contribution in [3.8, 4) is 0 Å². The second-order valence-corrected chi connectivity index (χ2v) is 8.20. The molecule has 1 aromatic heterocycles. The van der Waals surface area contributed by atoms with E-state index in [1.165, 1.54) is 43.6 Å². The molecule has 1 aliphatic carbocycles. The van der Waals surface area contributed by atoms with Crippen LogP contribution in [-0.2, 0) is 0 Å². The summed E-state index contributed by atoms with van der Waals surface area (Å²) in [5, 5.41) is 0. The number of piperazine rings is 1. The molecule has 3 rings (SSSR count). The van der Waals surface area contributed by atoms with Crippen LogP contribution >= 0.6 is 22.9 Å². The van der Waals surface area contributed by atoms with Gasteiger partial charge >= 0.3 is 0 Å². The van der Waals surface area contributed by atoms with Gasteiger partial charge in [0, 0.05) is 43.1 Å². The highest BCUT2D eigenvalue weighted by Gasteiger charge is 2.31. The summed E-state index contributed by atoms with van der Waals surface area (Å²) in [6, 6.07) is 5.43.